The molecule has 1 amide bonds. The van der Waals surface area contributed by atoms with Gasteiger partial charge in [-0.05, 0) is 17.7 Å². The lowest BCUT2D eigenvalue weighted by Crippen LogP contribution is -2.53. The smallest absolute Gasteiger partial charge is 0.281 e. The summed E-state index contributed by atoms with van der Waals surface area (Å²) < 4.78 is 26.8. The third kappa shape index (κ3) is 3.28. The Balaban J connectivity index is 1.61. The van der Waals surface area contributed by atoms with Crippen LogP contribution in [-0.4, -0.2) is 78.1 Å². The van der Waals surface area contributed by atoms with Crippen molar-refractivity contribution in [2.45, 2.75) is 6.42 Å². The number of imidazole rings is 1. The lowest BCUT2D eigenvalue weighted by atomic mass is 10.1. The first-order chi connectivity index (χ1) is 11.4. The van der Waals surface area contributed by atoms with Crippen molar-refractivity contribution < 1.29 is 13.2 Å². The molecule has 0 atom stereocenters. The molecule has 0 spiro atoms. The van der Waals surface area contributed by atoms with E-state index in [4.69, 9.17) is 0 Å². The molecule has 1 aromatic heterocycles. The second-order valence-electron chi connectivity index (χ2n) is 6.00. The highest BCUT2D eigenvalue weighted by Gasteiger charge is 2.30. The van der Waals surface area contributed by atoms with Crippen LogP contribution in [0.5, 0.6) is 0 Å². The Bertz CT molecular complexity index is 838. The van der Waals surface area contributed by atoms with Crippen molar-refractivity contribution in [2.75, 3.05) is 40.3 Å². The van der Waals surface area contributed by atoms with E-state index in [-0.39, 0.29) is 5.91 Å². The molecule has 0 aliphatic carbocycles. The fourth-order valence-electron chi connectivity index (χ4n) is 2.78. The minimum absolute atomic E-state index is 0.00997. The first-order valence-electron chi connectivity index (χ1n) is 7.75. The lowest BCUT2D eigenvalue weighted by molar-refractivity contribution is -0.131. The molecule has 1 aromatic carbocycles. The molecule has 2 aromatic rings. The number of piperazine rings is 1. The Morgan fingerprint density at radius 2 is 1.96 bits per heavy atom. The number of fused-ring (bicyclic) bond motifs is 1. The number of hydrogen-bond donors (Lipinski definition) is 1. The van der Waals surface area contributed by atoms with Gasteiger partial charge in [0.2, 0.25) is 5.91 Å². The number of carbonyl (C=O) groups excluding carboxylic acids is 1. The first-order valence-corrected chi connectivity index (χ1v) is 9.15. The number of aromatic nitrogens is 2. The average Bonchev–Trinajstić information content (AvgIpc) is 3.02. The molecular formula is C15H21N5O3S. The van der Waals surface area contributed by atoms with E-state index in [0.717, 1.165) is 16.6 Å². The predicted molar refractivity (Wildman–Crippen MR) is 90.6 cm³/mol. The van der Waals surface area contributed by atoms with Crippen molar-refractivity contribution in [1.82, 2.24) is 23.5 Å². The number of amides is 1. The number of H-pyrrole nitrogens is 1. The van der Waals surface area contributed by atoms with Gasteiger partial charge >= 0.3 is 0 Å². The standard InChI is InChI=1S/C15H21N5O3S/c1-18(2)24(22,23)20-7-5-19(6-8-20)15(21)10-12-3-4-13-14(9-12)17-11-16-13/h3-4,9,11H,5-8,10H2,1-2H3,(H,16,17). The number of hydrogen-bond acceptors (Lipinski definition) is 4. The summed E-state index contributed by atoms with van der Waals surface area (Å²) in [7, 11) is -0.384. The van der Waals surface area contributed by atoms with Crippen molar-refractivity contribution in [1.29, 1.82) is 0 Å². The molecule has 2 heterocycles. The number of nitrogens with zero attached hydrogens (tertiary/aromatic N) is 4. The van der Waals surface area contributed by atoms with Gasteiger partial charge in [-0.2, -0.15) is 17.0 Å². The summed E-state index contributed by atoms with van der Waals surface area (Å²) in [6, 6.07) is 5.71. The van der Waals surface area contributed by atoms with Crippen LogP contribution >= 0.6 is 0 Å². The van der Waals surface area contributed by atoms with E-state index in [0.29, 0.717) is 32.6 Å². The maximum atomic E-state index is 12.5. The number of benzene rings is 1. The quantitative estimate of drug-likeness (QED) is 0.843. The van der Waals surface area contributed by atoms with Gasteiger partial charge in [0.1, 0.15) is 0 Å². The van der Waals surface area contributed by atoms with Gasteiger partial charge in [0.15, 0.2) is 0 Å². The van der Waals surface area contributed by atoms with Crippen LogP contribution in [0.1, 0.15) is 5.56 Å². The zero-order valence-electron chi connectivity index (χ0n) is 13.8. The molecule has 0 radical (unpaired) electrons. The van der Waals surface area contributed by atoms with E-state index >= 15 is 0 Å². The van der Waals surface area contributed by atoms with Gasteiger partial charge in [0, 0.05) is 40.3 Å². The molecular weight excluding hydrogens is 330 g/mol. The summed E-state index contributed by atoms with van der Waals surface area (Å²) in [5, 5.41) is 0. The van der Waals surface area contributed by atoms with Gasteiger partial charge in [0.25, 0.3) is 10.2 Å². The lowest BCUT2D eigenvalue weighted by Gasteiger charge is -2.35. The normalized spacial score (nSPS) is 16.9. The van der Waals surface area contributed by atoms with Gasteiger partial charge in [-0.25, -0.2) is 4.98 Å². The molecule has 3 rings (SSSR count). The molecule has 1 aliphatic heterocycles. The van der Waals surface area contributed by atoms with Crippen LogP contribution in [0.4, 0.5) is 0 Å². The maximum Gasteiger partial charge on any atom is 0.281 e. The third-order valence-electron chi connectivity index (χ3n) is 4.22. The van der Waals surface area contributed by atoms with E-state index in [1.807, 2.05) is 18.2 Å². The highest BCUT2D eigenvalue weighted by Crippen LogP contribution is 2.14. The summed E-state index contributed by atoms with van der Waals surface area (Å²) in [4.78, 5) is 21.4. The monoisotopic (exact) mass is 351 g/mol. The van der Waals surface area contributed by atoms with Gasteiger partial charge in [-0.15, -0.1) is 0 Å². The van der Waals surface area contributed by atoms with E-state index in [1.54, 1.807) is 11.2 Å². The van der Waals surface area contributed by atoms with Gasteiger partial charge in [0.05, 0.1) is 23.8 Å². The molecule has 1 N–H and O–H groups in total. The second kappa shape index (κ2) is 6.50. The van der Waals surface area contributed by atoms with Crippen molar-refractivity contribution in [3.8, 4) is 0 Å². The number of rotatable bonds is 4. The molecule has 8 nitrogen and oxygen atoms in total. The average molecular weight is 351 g/mol. The molecule has 0 unspecified atom stereocenters. The molecule has 0 saturated carbocycles. The fourth-order valence-corrected chi connectivity index (χ4v) is 3.86. The van der Waals surface area contributed by atoms with Crippen LogP contribution in [0, 0.1) is 0 Å². The molecule has 130 valence electrons. The van der Waals surface area contributed by atoms with Crippen LogP contribution in [0.3, 0.4) is 0 Å². The maximum absolute atomic E-state index is 12.5. The van der Waals surface area contributed by atoms with E-state index in [2.05, 4.69) is 9.97 Å². The Morgan fingerprint density at radius 1 is 1.25 bits per heavy atom. The minimum atomic E-state index is -3.41. The minimum Gasteiger partial charge on any atom is -0.345 e. The fraction of sp³-hybridized carbons (Fsp3) is 0.467. The molecule has 1 fully saturated rings. The van der Waals surface area contributed by atoms with Crippen LogP contribution in [-0.2, 0) is 21.4 Å². The summed E-state index contributed by atoms with van der Waals surface area (Å²) in [5.74, 6) is 0.00997. The van der Waals surface area contributed by atoms with Crippen LogP contribution in [0.25, 0.3) is 11.0 Å². The Hall–Kier alpha value is -1.97. The van der Waals surface area contributed by atoms with Crippen molar-refractivity contribution in [3.63, 3.8) is 0 Å². The molecule has 1 aliphatic rings. The number of nitrogens with one attached hydrogen (secondary N) is 1. The van der Waals surface area contributed by atoms with Crippen LogP contribution in [0.15, 0.2) is 24.5 Å². The summed E-state index contributed by atoms with van der Waals surface area (Å²) in [6.07, 6.45) is 1.93. The van der Waals surface area contributed by atoms with E-state index in [1.165, 1.54) is 22.7 Å². The largest absolute Gasteiger partial charge is 0.345 e. The Labute approximate surface area is 141 Å². The predicted octanol–water partition coefficient (Wildman–Crippen LogP) is 0.0560. The molecule has 0 bridgehead atoms. The van der Waals surface area contributed by atoms with E-state index < -0.39 is 10.2 Å². The summed E-state index contributed by atoms with van der Waals surface area (Å²) >= 11 is 0. The topological polar surface area (TPSA) is 89.6 Å². The SMILES string of the molecule is CN(C)S(=O)(=O)N1CCN(C(=O)Cc2ccc3nc[nH]c3c2)CC1. The second-order valence-corrected chi connectivity index (χ2v) is 8.14. The molecule has 9 heteroatoms. The number of carbonyl (C=O) groups is 1. The highest BCUT2D eigenvalue weighted by atomic mass is 32.2. The van der Waals surface area contributed by atoms with Crippen LogP contribution < -0.4 is 0 Å². The third-order valence-corrected chi connectivity index (χ3v) is 6.16. The molecule has 1 saturated heterocycles. The van der Waals surface area contributed by atoms with Crippen LogP contribution in [0.2, 0.25) is 0 Å². The van der Waals surface area contributed by atoms with Crippen molar-refractivity contribution >= 4 is 27.1 Å². The molecule has 24 heavy (non-hydrogen) atoms. The van der Waals surface area contributed by atoms with Gasteiger partial charge < -0.3 is 9.88 Å². The van der Waals surface area contributed by atoms with Gasteiger partial charge in [-0.1, -0.05) is 6.07 Å². The zero-order chi connectivity index (χ0) is 17.3. The highest BCUT2D eigenvalue weighted by molar-refractivity contribution is 7.86. The van der Waals surface area contributed by atoms with Crippen molar-refractivity contribution in [2.24, 2.45) is 0 Å². The Morgan fingerprint density at radius 3 is 2.62 bits per heavy atom. The summed E-state index contributed by atoms with van der Waals surface area (Å²) in [5.41, 5.74) is 2.69. The Kier molecular flexibility index (Phi) is 4.57. The van der Waals surface area contributed by atoms with Crippen molar-refractivity contribution in [3.05, 3.63) is 30.1 Å². The summed E-state index contributed by atoms with van der Waals surface area (Å²) in [6.45, 7) is 1.48. The van der Waals surface area contributed by atoms with E-state index in [9.17, 15) is 13.2 Å². The van der Waals surface area contributed by atoms with Gasteiger partial charge in [-0.3, -0.25) is 4.79 Å². The number of aromatic amines is 1. The zero-order valence-corrected chi connectivity index (χ0v) is 14.6. The first kappa shape index (κ1) is 16.9.